The minimum Gasteiger partial charge on any atom is -0.449 e. The van der Waals surface area contributed by atoms with Crippen molar-refractivity contribution in [3.8, 4) is 5.75 Å². The highest BCUT2D eigenvalue weighted by Crippen LogP contribution is 2.21. The van der Waals surface area contributed by atoms with Gasteiger partial charge in [0, 0.05) is 5.69 Å². The van der Waals surface area contributed by atoms with Crippen molar-refractivity contribution in [2.75, 3.05) is 0 Å². The van der Waals surface area contributed by atoms with Crippen molar-refractivity contribution in [1.82, 2.24) is 4.98 Å². The second-order valence-electron chi connectivity index (χ2n) is 2.86. The topological polar surface area (TPSA) is 59.4 Å². The number of rotatable bonds is 1. The largest absolute Gasteiger partial charge is 0.511 e. The van der Waals surface area contributed by atoms with Crippen molar-refractivity contribution < 1.29 is 14.6 Å². The van der Waals surface area contributed by atoms with Crippen molar-refractivity contribution in [2.45, 2.75) is 20.8 Å². The highest BCUT2D eigenvalue weighted by Gasteiger charge is 2.09. The van der Waals surface area contributed by atoms with Crippen LogP contribution in [0.1, 0.15) is 17.0 Å². The lowest BCUT2D eigenvalue weighted by Crippen LogP contribution is -2.07. The van der Waals surface area contributed by atoms with Gasteiger partial charge in [0.05, 0.1) is 5.69 Å². The third kappa shape index (κ3) is 2.18. The fourth-order valence-corrected chi connectivity index (χ4v) is 1.25. The summed E-state index contributed by atoms with van der Waals surface area (Å²) < 4.78 is 4.58. The number of aryl methyl sites for hydroxylation is 3. The Hall–Kier alpha value is -1.58. The zero-order valence-corrected chi connectivity index (χ0v) is 7.79. The van der Waals surface area contributed by atoms with E-state index < -0.39 is 6.16 Å². The maximum Gasteiger partial charge on any atom is 0.511 e. The zero-order chi connectivity index (χ0) is 10.0. The van der Waals surface area contributed by atoms with Crippen LogP contribution in [0.5, 0.6) is 5.75 Å². The normalized spacial score (nSPS) is 9.77. The average molecular weight is 181 g/mol. The van der Waals surface area contributed by atoms with E-state index in [0.29, 0.717) is 11.4 Å². The van der Waals surface area contributed by atoms with Gasteiger partial charge in [-0.2, -0.15) is 0 Å². The van der Waals surface area contributed by atoms with Crippen molar-refractivity contribution in [3.63, 3.8) is 0 Å². The van der Waals surface area contributed by atoms with Gasteiger partial charge in [0.25, 0.3) is 0 Å². The summed E-state index contributed by atoms with van der Waals surface area (Å²) in [6.45, 7) is 5.36. The predicted octanol–water partition coefficient (Wildman–Crippen LogP) is 2.06. The molecule has 13 heavy (non-hydrogen) atoms. The number of hydrogen-bond donors (Lipinski definition) is 1. The summed E-state index contributed by atoms with van der Waals surface area (Å²) in [6, 6.07) is 1.78. The lowest BCUT2D eigenvalue weighted by atomic mass is 10.2. The number of carboxylic acid groups (broad SMARTS) is 1. The van der Waals surface area contributed by atoms with E-state index in [1.54, 1.807) is 19.9 Å². The molecule has 1 heterocycles. The maximum atomic E-state index is 10.3. The van der Waals surface area contributed by atoms with Gasteiger partial charge in [-0.25, -0.2) is 4.79 Å². The van der Waals surface area contributed by atoms with Crippen molar-refractivity contribution in [1.29, 1.82) is 0 Å². The quantitative estimate of drug-likeness (QED) is 0.673. The second kappa shape index (κ2) is 3.43. The molecule has 0 saturated heterocycles. The van der Waals surface area contributed by atoms with Crippen molar-refractivity contribution in [2.24, 2.45) is 0 Å². The second-order valence-corrected chi connectivity index (χ2v) is 2.86. The Kier molecular flexibility index (Phi) is 2.51. The number of ether oxygens (including phenoxy) is 1. The van der Waals surface area contributed by atoms with E-state index >= 15 is 0 Å². The number of nitrogens with zero attached hydrogens (tertiary/aromatic N) is 1. The molecule has 0 amide bonds. The monoisotopic (exact) mass is 181 g/mol. The van der Waals surface area contributed by atoms with E-state index in [-0.39, 0.29) is 0 Å². The third-order valence-corrected chi connectivity index (χ3v) is 1.65. The van der Waals surface area contributed by atoms with Gasteiger partial charge < -0.3 is 9.84 Å². The van der Waals surface area contributed by atoms with E-state index in [1.165, 1.54) is 0 Å². The fourth-order valence-electron chi connectivity index (χ4n) is 1.25. The van der Waals surface area contributed by atoms with E-state index in [2.05, 4.69) is 9.72 Å². The maximum absolute atomic E-state index is 10.3. The lowest BCUT2D eigenvalue weighted by molar-refractivity contribution is 0.143. The molecule has 1 aromatic heterocycles. The molecule has 0 aliphatic carbocycles. The molecule has 0 unspecified atom stereocenters. The van der Waals surface area contributed by atoms with Gasteiger partial charge in [-0.05, 0) is 32.4 Å². The summed E-state index contributed by atoms with van der Waals surface area (Å²) in [4.78, 5) is 14.4. The summed E-state index contributed by atoms with van der Waals surface area (Å²) in [6.07, 6.45) is -1.31. The van der Waals surface area contributed by atoms with Gasteiger partial charge in [-0.3, -0.25) is 4.98 Å². The van der Waals surface area contributed by atoms with Crippen molar-refractivity contribution in [3.05, 3.63) is 23.0 Å². The molecule has 0 radical (unpaired) electrons. The Morgan fingerprint density at radius 3 is 2.54 bits per heavy atom. The Morgan fingerprint density at radius 1 is 1.46 bits per heavy atom. The molecule has 0 atom stereocenters. The molecule has 1 aromatic rings. The summed E-state index contributed by atoms with van der Waals surface area (Å²) in [5.41, 5.74) is 2.24. The van der Waals surface area contributed by atoms with Gasteiger partial charge >= 0.3 is 6.16 Å². The molecule has 4 heteroatoms. The lowest BCUT2D eigenvalue weighted by Gasteiger charge is -2.07. The Bertz CT molecular complexity index is 324. The first kappa shape index (κ1) is 9.51. The van der Waals surface area contributed by atoms with Gasteiger partial charge in [0.15, 0.2) is 5.75 Å². The first-order chi connectivity index (χ1) is 6.00. The molecule has 0 spiro atoms. The molecule has 70 valence electrons. The van der Waals surface area contributed by atoms with Gasteiger partial charge in [0.2, 0.25) is 0 Å². The zero-order valence-electron chi connectivity index (χ0n) is 7.79. The number of hydrogen-bond acceptors (Lipinski definition) is 3. The van der Waals surface area contributed by atoms with Crippen LogP contribution in [0.2, 0.25) is 0 Å². The van der Waals surface area contributed by atoms with Gasteiger partial charge in [0.1, 0.15) is 0 Å². The minimum absolute atomic E-state index is 0.332. The highest BCUT2D eigenvalue weighted by molar-refractivity contribution is 5.62. The molecule has 0 aliphatic rings. The Labute approximate surface area is 76.2 Å². The van der Waals surface area contributed by atoms with Crippen LogP contribution in [0.25, 0.3) is 0 Å². The van der Waals surface area contributed by atoms with E-state index in [9.17, 15) is 4.79 Å². The molecule has 0 saturated carbocycles. The SMILES string of the molecule is Cc1cc(C)c(OC(=O)O)c(C)n1. The van der Waals surface area contributed by atoms with E-state index in [0.717, 1.165) is 11.3 Å². The minimum atomic E-state index is -1.31. The number of pyridine rings is 1. The van der Waals surface area contributed by atoms with Crippen LogP contribution in [-0.4, -0.2) is 16.2 Å². The molecule has 0 aliphatic heterocycles. The highest BCUT2D eigenvalue weighted by atomic mass is 16.7. The number of carbonyl (C=O) groups is 1. The standard InChI is InChI=1S/C9H11NO3/c1-5-4-6(2)10-7(3)8(5)13-9(11)12/h4H,1-3H3,(H,11,12). The van der Waals surface area contributed by atoms with Crippen molar-refractivity contribution >= 4 is 6.16 Å². The molecule has 1 rings (SSSR count). The van der Waals surface area contributed by atoms with Crippen LogP contribution in [-0.2, 0) is 0 Å². The molecule has 0 fully saturated rings. The van der Waals surface area contributed by atoms with Gasteiger partial charge in [-0.1, -0.05) is 0 Å². The van der Waals surface area contributed by atoms with Gasteiger partial charge in [-0.15, -0.1) is 0 Å². The first-order valence-corrected chi connectivity index (χ1v) is 3.86. The van der Waals surface area contributed by atoms with Crippen LogP contribution in [0.4, 0.5) is 4.79 Å². The smallest absolute Gasteiger partial charge is 0.449 e. The summed E-state index contributed by atoms with van der Waals surface area (Å²) in [5.74, 6) is 0.332. The van der Waals surface area contributed by atoms with Crippen LogP contribution >= 0.6 is 0 Å². The molecule has 0 bridgehead atoms. The van der Waals surface area contributed by atoms with Crippen LogP contribution in [0.3, 0.4) is 0 Å². The molecule has 4 nitrogen and oxygen atoms in total. The first-order valence-electron chi connectivity index (χ1n) is 3.86. The summed E-state index contributed by atoms with van der Waals surface area (Å²) in [7, 11) is 0. The fraction of sp³-hybridized carbons (Fsp3) is 0.333. The summed E-state index contributed by atoms with van der Waals surface area (Å²) >= 11 is 0. The Morgan fingerprint density at radius 2 is 2.08 bits per heavy atom. The van der Waals surface area contributed by atoms with E-state index in [4.69, 9.17) is 5.11 Å². The molecular weight excluding hydrogens is 170 g/mol. The van der Waals surface area contributed by atoms with Crippen LogP contribution < -0.4 is 4.74 Å². The average Bonchev–Trinajstić information content (AvgIpc) is 1.96. The molecular formula is C9H11NO3. The number of aromatic nitrogens is 1. The van der Waals surface area contributed by atoms with E-state index in [1.807, 2.05) is 6.92 Å². The molecule has 1 N–H and O–H groups in total. The summed E-state index contributed by atoms with van der Waals surface area (Å²) in [5, 5.41) is 8.44. The Balaban J connectivity index is 3.13. The predicted molar refractivity (Wildman–Crippen MR) is 47.1 cm³/mol. The van der Waals surface area contributed by atoms with Crippen LogP contribution in [0.15, 0.2) is 6.07 Å². The molecule has 0 aromatic carbocycles. The van der Waals surface area contributed by atoms with Crippen LogP contribution in [0, 0.1) is 20.8 Å². The third-order valence-electron chi connectivity index (χ3n) is 1.65.